The van der Waals surface area contributed by atoms with Crippen LogP contribution >= 0.6 is 11.6 Å². The average Bonchev–Trinajstić information content (AvgIpc) is 3.09. The summed E-state index contributed by atoms with van der Waals surface area (Å²) in [6, 6.07) is 17.4. The number of halogens is 1. The Morgan fingerprint density at radius 1 is 0.853 bits per heavy atom. The second kappa shape index (κ2) is 8.50. The molecule has 1 fully saturated rings. The van der Waals surface area contributed by atoms with Crippen LogP contribution in [0.3, 0.4) is 0 Å². The first-order valence-electron chi connectivity index (χ1n) is 10.8. The highest BCUT2D eigenvalue weighted by atomic mass is 35.5. The van der Waals surface area contributed by atoms with Gasteiger partial charge in [0.25, 0.3) is 17.7 Å². The predicted molar refractivity (Wildman–Crippen MR) is 127 cm³/mol. The molecule has 2 aliphatic rings. The molecule has 8 heteroatoms. The Morgan fingerprint density at radius 2 is 1.50 bits per heavy atom. The Bertz CT molecular complexity index is 1270. The number of carbonyl (C=O) groups excluding carboxylic acids is 3. The summed E-state index contributed by atoms with van der Waals surface area (Å²) in [4.78, 5) is 42.4. The molecule has 0 unspecified atom stereocenters. The van der Waals surface area contributed by atoms with Gasteiger partial charge in [-0.15, -0.1) is 0 Å². The van der Waals surface area contributed by atoms with E-state index in [9.17, 15) is 14.4 Å². The Hall–Kier alpha value is -3.84. The quantitative estimate of drug-likeness (QED) is 0.387. The van der Waals surface area contributed by atoms with E-state index in [1.54, 1.807) is 59.5 Å². The van der Waals surface area contributed by atoms with E-state index >= 15 is 0 Å². The molecule has 2 atom stereocenters. The maximum Gasteiger partial charge on any atom is 0.262 e. The summed E-state index contributed by atoms with van der Waals surface area (Å²) in [5, 5.41) is 0.349. The number of amides is 3. The van der Waals surface area contributed by atoms with Gasteiger partial charge in [0.05, 0.1) is 35.9 Å². The maximum absolute atomic E-state index is 13.5. The minimum Gasteiger partial charge on any atom is -0.495 e. The smallest absolute Gasteiger partial charge is 0.262 e. The summed E-state index contributed by atoms with van der Waals surface area (Å²) in [7, 11) is 1.51. The zero-order valence-corrected chi connectivity index (χ0v) is 19.3. The molecule has 0 aliphatic carbocycles. The lowest BCUT2D eigenvalue weighted by Gasteiger charge is -2.49. The summed E-state index contributed by atoms with van der Waals surface area (Å²) in [5.41, 5.74) is 1.91. The van der Waals surface area contributed by atoms with Gasteiger partial charge >= 0.3 is 0 Å². The van der Waals surface area contributed by atoms with Crippen molar-refractivity contribution < 1.29 is 23.9 Å². The van der Waals surface area contributed by atoms with Crippen molar-refractivity contribution >= 4 is 35.0 Å². The average molecular weight is 477 g/mol. The molecule has 0 bridgehead atoms. The SMILES string of the molecule is CCOc1ccc([C@H]2[C@@H](N3C(=O)c4ccccc4C3=O)C(=O)N2c2ccc(OC)c(Cl)c2)cc1. The number of fused-ring (bicyclic) bond motifs is 1. The molecule has 0 aromatic heterocycles. The van der Waals surface area contributed by atoms with Crippen LogP contribution in [0.5, 0.6) is 11.5 Å². The van der Waals surface area contributed by atoms with Crippen LogP contribution in [0.4, 0.5) is 5.69 Å². The largest absolute Gasteiger partial charge is 0.495 e. The lowest BCUT2D eigenvalue weighted by molar-refractivity contribution is -0.130. The number of nitrogens with zero attached hydrogens (tertiary/aromatic N) is 2. The highest BCUT2D eigenvalue weighted by molar-refractivity contribution is 6.32. The molecule has 2 heterocycles. The van der Waals surface area contributed by atoms with Crippen LogP contribution in [-0.2, 0) is 4.79 Å². The number of anilines is 1. The van der Waals surface area contributed by atoms with E-state index in [2.05, 4.69) is 0 Å². The van der Waals surface area contributed by atoms with Crippen molar-refractivity contribution in [2.75, 3.05) is 18.6 Å². The van der Waals surface area contributed by atoms with Gasteiger partial charge < -0.3 is 14.4 Å². The van der Waals surface area contributed by atoms with Gasteiger partial charge in [-0.2, -0.15) is 0 Å². The number of methoxy groups -OCH3 is 1. The molecule has 0 saturated carbocycles. The number of ether oxygens (including phenoxy) is 2. The van der Waals surface area contributed by atoms with Gasteiger partial charge in [-0.05, 0) is 55.0 Å². The molecule has 172 valence electrons. The Labute approximate surface area is 201 Å². The number of benzene rings is 3. The molecule has 0 spiro atoms. The van der Waals surface area contributed by atoms with Crippen molar-refractivity contribution in [1.29, 1.82) is 0 Å². The predicted octanol–water partition coefficient (Wildman–Crippen LogP) is 4.50. The van der Waals surface area contributed by atoms with Gasteiger partial charge in [-0.25, -0.2) is 0 Å². The second-order valence-electron chi connectivity index (χ2n) is 7.94. The summed E-state index contributed by atoms with van der Waals surface area (Å²) >= 11 is 6.32. The normalized spacial score (nSPS) is 19.2. The molecule has 3 aromatic carbocycles. The number of carbonyl (C=O) groups is 3. The fraction of sp³-hybridized carbons (Fsp3) is 0.192. The lowest BCUT2D eigenvalue weighted by atomic mass is 9.86. The third-order valence-electron chi connectivity index (χ3n) is 6.12. The van der Waals surface area contributed by atoms with E-state index < -0.39 is 23.9 Å². The zero-order chi connectivity index (χ0) is 24.0. The van der Waals surface area contributed by atoms with Gasteiger partial charge in [0, 0.05) is 5.69 Å². The first-order chi connectivity index (χ1) is 16.5. The molecule has 3 amide bonds. The molecule has 0 N–H and O–H groups in total. The van der Waals surface area contributed by atoms with E-state index in [0.29, 0.717) is 39.9 Å². The summed E-state index contributed by atoms with van der Waals surface area (Å²) in [5.74, 6) is -0.139. The molecule has 0 radical (unpaired) electrons. The molecule has 1 saturated heterocycles. The fourth-order valence-electron chi connectivity index (χ4n) is 4.54. The van der Waals surface area contributed by atoms with Crippen LogP contribution in [0.25, 0.3) is 0 Å². The van der Waals surface area contributed by atoms with Gasteiger partial charge in [0.15, 0.2) is 0 Å². The maximum atomic E-state index is 13.5. The third kappa shape index (κ3) is 3.31. The highest BCUT2D eigenvalue weighted by Gasteiger charge is 2.57. The summed E-state index contributed by atoms with van der Waals surface area (Å²) in [6.45, 7) is 2.42. The van der Waals surface area contributed by atoms with E-state index in [1.165, 1.54) is 7.11 Å². The molecule has 3 aromatic rings. The number of rotatable bonds is 6. The van der Waals surface area contributed by atoms with E-state index in [4.69, 9.17) is 21.1 Å². The lowest BCUT2D eigenvalue weighted by Crippen LogP contribution is -2.67. The molecule has 34 heavy (non-hydrogen) atoms. The summed E-state index contributed by atoms with van der Waals surface area (Å²) in [6.07, 6.45) is 0. The Kier molecular flexibility index (Phi) is 5.49. The van der Waals surface area contributed by atoms with E-state index in [1.807, 2.05) is 19.1 Å². The van der Waals surface area contributed by atoms with Crippen LogP contribution in [-0.4, -0.2) is 42.4 Å². The third-order valence-corrected chi connectivity index (χ3v) is 6.41. The van der Waals surface area contributed by atoms with E-state index in [0.717, 1.165) is 10.5 Å². The van der Waals surface area contributed by atoms with Crippen LogP contribution in [0.15, 0.2) is 66.7 Å². The minimum atomic E-state index is -0.980. The van der Waals surface area contributed by atoms with Crippen LogP contribution in [0.1, 0.15) is 39.2 Å². The zero-order valence-electron chi connectivity index (χ0n) is 18.5. The number of hydrogen-bond acceptors (Lipinski definition) is 5. The molecule has 7 nitrogen and oxygen atoms in total. The highest BCUT2D eigenvalue weighted by Crippen LogP contribution is 2.45. The van der Waals surface area contributed by atoms with Crippen LogP contribution in [0, 0.1) is 0 Å². The van der Waals surface area contributed by atoms with Crippen molar-refractivity contribution in [2.24, 2.45) is 0 Å². The number of imide groups is 1. The van der Waals surface area contributed by atoms with Gasteiger partial charge in [-0.3, -0.25) is 19.3 Å². The monoisotopic (exact) mass is 476 g/mol. The van der Waals surface area contributed by atoms with Crippen LogP contribution in [0.2, 0.25) is 5.02 Å². The Balaban J connectivity index is 1.56. The molecular weight excluding hydrogens is 456 g/mol. The van der Waals surface area contributed by atoms with Crippen molar-refractivity contribution in [3.05, 3.63) is 88.4 Å². The van der Waals surface area contributed by atoms with Crippen molar-refractivity contribution in [3.63, 3.8) is 0 Å². The van der Waals surface area contributed by atoms with Gasteiger partial charge in [0.1, 0.15) is 17.5 Å². The van der Waals surface area contributed by atoms with E-state index in [-0.39, 0.29) is 5.91 Å². The fourth-order valence-corrected chi connectivity index (χ4v) is 4.79. The van der Waals surface area contributed by atoms with Gasteiger partial charge in [0.2, 0.25) is 0 Å². The topological polar surface area (TPSA) is 76.2 Å². The molecule has 2 aliphatic heterocycles. The first-order valence-corrected chi connectivity index (χ1v) is 11.2. The summed E-state index contributed by atoms with van der Waals surface area (Å²) < 4.78 is 10.8. The van der Waals surface area contributed by atoms with Gasteiger partial charge in [-0.1, -0.05) is 35.9 Å². The first kappa shape index (κ1) is 22.0. The number of hydrogen-bond donors (Lipinski definition) is 0. The number of β-lactam (4-membered cyclic amide) rings is 1. The standard InChI is InChI=1S/C26H21ClN2O5/c1-3-34-17-11-8-15(9-12-17)22-23(29-24(30)18-6-4-5-7-19(18)25(29)31)26(32)28(22)16-10-13-21(33-2)20(27)14-16/h4-14,22-23H,3H2,1-2H3/t22-,23+/m0/s1. The molecular formula is C26H21ClN2O5. The Morgan fingerprint density at radius 3 is 2.06 bits per heavy atom. The molecule has 5 rings (SSSR count). The van der Waals surface area contributed by atoms with Crippen molar-refractivity contribution in [3.8, 4) is 11.5 Å². The van der Waals surface area contributed by atoms with Crippen molar-refractivity contribution in [1.82, 2.24) is 4.90 Å². The minimum absolute atomic E-state index is 0.302. The second-order valence-corrected chi connectivity index (χ2v) is 8.35. The van der Waals surface area contributed by atoms with Crippen molar-refractivity contribution in [2.45, 2.75) is 19.0 Å². The van der Waals surface area contributed by atoms with Crippen LogP contribution < -0.4 is 14.4 Å².